The Bertz CT molecular complexity index is 927. The lowest BCUT2D eigenvalue weighted by molar-refractivity contribution is 0.0953. The first-order valence-electron chi connectivity index (χ1n) is 9.13. The third-order valence-corrected chi connectivity index (χ3v) is 6.71. The van der Waals surface area contributed by atoms with Crippen molar-refractivity contribution in [1.82, 2.24) is 5.32 Å². The second-order valence-corrected chi connectivity index (χ2v) is 8.89. The number of fused-ring (bicyclic) bond motifs is 1. The third kappa shape index (κ3) is 4.28. The summed E-state index contributed by atoms with van der Waals surface area (Å²) >= 11 is 5.87. The van der Waals surface area contributed by atoms with Crippen molar-refractivity contribution in [1.29, 1.82) is 0 Å². The minimum atomic E-state index is -3.67. The highest BCUT2D eigenvalue weighted by atomic mass is 35.5. The van der Waals surface area contributed by atoms with Crippen molar-refractivity contribution in [2.45, 2.75) is 37.5 Å². The lowest BCUT2D eigenvalue weighted by atomic mass is 10.0. The number of amides is 1. The number of hydrogen-bond acceptors (Lipinski definition) is 3. The Morgan fingerprint density at radius 1 is 1.19 bits per heavy atom. The normalized spacial score (nSPS) is 13.9. The minimum Gasteiger partial charge on any atom is -0.352 e. The highest BCUT2D eigenvalue weighted by molar-refractivity contribution is 7.92. The molecule has 144 valence electrons. The molecule has 2 aromatic rings. The monoisotopic (exact) mass is 406 g/mol. The van der Waals surface area contributed by atoms with Gasteiger partial charge < -0.3 is 5.32 Å². The van der Waals surface area contributed by atoms with Crippen molar-refractivity contribution in [3.8, 4) is 0 Å². The first-order chi connectivity index (χ1) is 12.9. The van der Waals surface area contributed by atoms with Crippen molar-refractivity contribution >= 4 is 33.2 Å². The molecule has 0 spiro atoms. The Morgan fingerprint density at radius 2 is 1.93 bits per heavy atom. The molecule has 7 heteroatoms. The molecule has 0 aromatic heterocycles. The van der Waals surface area contributed by atoms with E-state index in [1.165, 1.54) is 16.4 Å². The zero-order valence-electron chi connectivity index (χ0n) is 15.2. The van der Waals surface area contributed by atoms with Crippen LogP contribution in [0.15, 0.2) is 47.4 Å². The fourth-order valence-corrected chi connectivity index (χ4v) is 4.84. The summed E-state index contributed by atoms with van der Waals surface area (Å²) in [6.45, 7) is 3.13. The molecular weight excluding hydrogens is 384 g/mol. The van der Waals surface area contributed by atoms with E-state index in [4.69, 9.17) is 11.6 Å². The summed E-state index contributed by atoms with van der Waals surface area (Å²) in [5.74, 6) is -0.121. The lowest BCUT2D eigenvalue weighted by Crippen LogP contribution is -2.35. The van der Waals surface area contributed by atoms with E-state index in [1.807, 2.05) is 0 Å². The van der Waals surface area contributed by atoms with Gasteiger partial charge in [0.15, 0.2) is 0 Å². The van der Waals surface area contributed by atoms with Gasteiger partial charge in [0.1, 0.15) is 0 Å². The summed E-state index contributed by atoms with van der Waals surface area (Å²) in [5.41, 5.74) is 2.08. The Kier molecular flexibility index (Phi) is 6.07. The molecule has 0 radical (unpaired) electrons. The van der Waals surface area contributed by atoms with E-state index in [-0.39, 0.29) is 10.8 Å². The summed E-state index contributed by atoms with van der Waals surface area (Å²) in [7, 11) is -3.67. The molecule has 0 atom stereocenters. The SMILES string of the molecule is CCCCNC(=O)c1ccc2c(c1)CCCN2S(=O)(=O)c1ccc(Cl)cc1. The first kappa shape index (κ1) is 19.7. The predicted molar refractivity (Wildman–Crippen MR) is 108 cm³/mol. The molecule has 5 nitrogen and oxygen atoms in total. The number of aryl methyl sites for hydroxylation is 1. The third-order valence-electron chi connectivity index (χ3n) is 4.64. The van der Waals surface area contributed by atoms with E-state index in [0.717, 1.165) is 24.8 Å². The Labute approximate surface area is 165 Å². The maximum atomic E-state index is 13.1. The molecule has 3 rings (SSSR count). The van der Waals surface area contributed by atoms with Gasteiger partial charge in [-0.25, -0.2) is 8.42 Å². The molecule has 1 aliphatic rings. The predicted octanol–water partition coefficient (Wildman–Crippen LogP) is 4.01. The Balaban J connectivity index is 1.88. The summed E-state index contributed by atoms with van der Waals surface area (Å²) in [4.78, 5) is 12.5. The fourth-order valence-electron chi connectivity index (χ4n) is 3.17. The molecule has 0 unspecified atom stereocenters. The molecule has 0 bridgehead atoms. The zero-order valence-corrected chi connectivity index (χ0v) is 16.8. The van der Waals surface area contributed by atoms with E-state index in [2.05, 4.69) is 12.2 Å². The van der Waals surface area contributed by atoms with Crippen LogP contribution in [0.5, 0.6) is 0 Å². The number of carbonyl (C=O) groups is 1. The topological polar surface area (TPSA) is 66.5 Å². The van der Waals surface area contributed by atoms with E-state index in [0.29, 0.717) is 35.8 Å². The van der Waals surface area contributed by atoms with Crippen molar-refractivity contribution < 1.29 is 13.2 Å². The molecule has 0 fully saturated rings. The van der Waals surface area contributed by atoms with Gasteiger partial charge in [0.2, 0.25) is 0 Å². The molecule has 0 aliphatic carbocycles. The van der Waals surface area contributed by atoms with Crippen LogP contribution in [-0.2, 0) is 16.4 Å². The van der Waals surface area contributed by atoms with Crippen LogP contribution in [-0.4, -0.2) is 27.4 Å². The highest BCUT2D eigenvalue weighted by Crippen LogP contribution is 2.33. The maximum absolute atomic E-state index is 13.1. The molecule has 0 saturated carbocycles. The number of sulfonamides is 1. The van der Waals surface area contributed by atoms with Gasteiger partial charge in [0, 0.05) is 23.7 Å². The number of hydrogen-bond donors (Lipinski definition) is 1. The Hall–Kier alpha value is -2.05. The van der Waals surface area contributed by atoms with Gasteiger partial charge >= 0.3 is 0 Å². The summed E-state index contributed by atoms with van der Waals surface area (Å²) in [6.07, 6.45) is 3.41. The molecular formula is C20H23ClN2O3S. The number of nitrogens with one attached hydrogen (secondary N) is 1. The zero-order chi connectivity index (χ0) is 19.4. The summed E-state index contributed by atoms with van der Waals surface area (Å²) in [5, 5.41) is 3.39. The van der Waals surface area contributed by atoms with E-state index < -0.39 is 10.0 Å². The van der Waals surface area contributed by atoms with Crippen molar-refractivity contribution in [2.24, 2.45) is 0 Å². The molecule has 1 N–H and O–H groups in total. The average Bonchev–Trinajstić information content (AvgIpc) is 2.67. The highest BCUT2D eigenvalue weighted by Gasteiger charge is 2.29. The minimum absolute atomic E-state index is 0.121. The number of halogens is 1. The van der Waals surface area contributed by atoms with Crippen LogP contribution in [0.3, 0.4) is 0 Å². The van der Waals surface area contributed by atoms with Crippen LogP contribution in [0.2, 0.25) is 5.02 Å². The molecule has 0 saturated heterocycles. The first-order valence-corrected chi connectivity index (χ1v) is 10.9. The van der Waals surface area contributed by atoms with Gasteiger partial charge in [0.05, 0.1) is 10.6 Å². The number of benzene rings is 2. The number of nitrogens with zero attached hydrogens (tertiary/aromatic N) is 1. The standard InChI is InChI=1S/C20H23ClN2O3S/c1-2-3-12-22-20(24)16-6-11-19-15(14-16)5-4-13-23(19)27(25,26)18-9-7-17(21)8-10-18/h6-11,14H,2-5,12-13H2,1H3,(H,22,24). The van der Waals surface area contributed by atoms with Gasteiger partial charge in [-0.15, -0.1) is 0 Å². The fraction of sp³-hybridized carbons (Fsp3) is 0.350. The number of anilines is 1. The molecule has 1 amide bonds. The van der Waals surface area contributed by atoms with Crippen molar-refractivity contribution in [3.63, 3.8) is 0 Å². The Morgan fingerprint density at radius 3 is 2.63 bits per heavy atom. The molecule has 2 aromatic carbocycles. The van der Waals surface area contributed by atoms with Crippen LogP contribution in [0.1, 0.15) is 42.1 Å². The lowest BCUT2D eigenvalue weighted by Gasteiger charge is -2.30. The molecule has 27 heavy (non-hydrogen) atoms. The van der Waals surface area contributed by atoms with E-state index >= 15 is 0 Å². The van der Waals surface area contributed by atoms with Crippen LogP contribution >= 0.6 is 11.6 Å². The summed E-state index contributed by atoms with van der Waals surface area (Å²) < 4.78 is 27.5. The molecule has 1 heterocycles. The quantitative estimate of drug-likeness (QED) is 0.737. The van der Waals surface area contributed by atoms with E-state index in [9.17, 15) is 13.2 Å². The summed E-state index contributed by atoms with van der Waals surface area (Å²) in [6, 6.07) is 11.4. The second-order valence-electron chi connectivity index (χ2n) is 6.59. The van der Waals surface area contributed by atoms with Crippen LogP contribution in [0, 0.1) is 0 Å². The smallest absolute Gasteiger partial charge is 0.264 e. The van der Waals surface area contributed by atoms with Crippen LogP contribution in [0.4, 0.5) is 5.69 Å². The largest absolute Gasteiger partial charge is 0.352 e. The number of unbranched alkanes of at least 4 members (excludes halogenated alkanes) is 1. The average molecular weight is 407 g/mol. The van der Waals surface area contributed by atoms with Crippen LogP contribution < -0.4 is 9.62 Å². The van der Waals surface area contributed by atoms with Crippen molar-refractivity contribution in [3.05, 3.63) is 58.6 Å². The molecule has 1 aliphatic heterocycles. The number of rotatable bonds is 6. The van der Waals surface area contributed by atoms with Gasteiger partial charge in [-0.3, -0.25) is 9.10 Å². The van der Waals surface area contributed by atoms with Crippen molar-refractivity contribution in [2.75, 3.05) is 17.4 Å². The second kappa shape index (κ2) is 8.31. The van der Waals surface area contributed by atoms with E-state index in [1.54, 1.807) is 30.3 Å². The van der Waals surface area contributed by atoms with Gasteiger partial charge in [-0.2, -0.15) is 0 Å². The van der Waals surface area contributed by atoms with Gasteiger partial charge in [0.25, 0.3) is 15.9 Å². The maximum Gasteiger partial charge on any atom is 0.264 e. The van der Waals surface area contributed by atoms with Crippen LogP contribution in [0.25, 0.3) is 0 Å². The number of carbonyl (C=O) groups excluding carboxylic acids is 1. The van der Waals surface area contributed by atoms with Gasteiger partial charge in [-0.1, -0.05) is 24.9 Å². The van der Waals surface area contributed by atoms with Gasteiger partial charge in [-0.05, 0) is 67.3 Å².